The summed E-state index contributed by atoms with van der Waals surface area (Å²) in [5.41, 5.74) is 2.68. The molecule has 3 rings (SSSR count). The fourth-order valence-electron chi connectivity index (χ4n) is 2.65. The van der Waals surface area contributed by atoms with Crippen molar-refractivity contribution in [1.29, 1.82) is 0 Å². The Balaban J connectivity index is 1.98. The zero-order valence-corrected chi connectivity index (χ0v) is 14.1. The summed E-state index contributed by atoms with van der Waals surface area (Å²) in [4.78, 5) is 16.1. The molecule has 0 unspecified atom stereocenters. The van der Waals surface area contributed by atoms with E-state index in [1.165, 1.54) is 4.90 Å². The van der Waals surface area contributed by atoms with E-state index < -0.39 is 0 Å². The van der Waals surface area contributed by atoms with Crippen LogP contribution < -0.4 is 4.90 Å². The fourth-order valence-corrected chi connectivity index (χ4v) is 3.65. The number of aromatic nitrogens is 2. The quantitative estimate of drug-likeness (QED) is 0.865. The van der Waals surface area contributed by atoms with Crippen molar-refractivity contribution < 1.29 is 4.79 Å². The van der Waals surface area contributed by atoms with Crippen LogP contribution >= 0.6 is 11.8 Å². The number of hydrogen-bond donors (Lipinski definition) is 0. The highest BCUT2D eigenvalue weighted by atomic mass is 32.2. The topological polar surface area (TPSA) is 38.1 Å². The maximum Gasteiger partial charge on any atom is 0.276 e. The number of fused-ring (bicyclic) bond motifs is 1. The molecule has 5 heteroatoms. The first-order valence-electron chi connectivity index (χ1n) is 7.73. The van der Waals surface area contributed by atoms with Gasteiger partial charge in [-0.3, -0.25) is 9.48 Å². The summed E-state index contributed by atoms with van der Waals surface area (Å²) >= 11 is 1.81. The number of benzene rings is 1. The number of amides is 1. The molecule has 0 aliphatic carbocycles. The van der Waals surface area contributed by atoms with Gasteiger partial charge >= 0.3 is 0 Å². The number of para-hydroxylation sites is 1. The van der Waals surface area contributed by atoms with E-state index in [0.717, 1.165) is 23.7 Å². The Hall–Kier alpha value is -1.75. The largest absolute Gasteiger partial charge is 0.305 e. The Bertz CT molecular complexity index is 693. The van der Waals surface area contributed by atoms with Gasteiger partial charge in [0.05, 0.1) is 11.4 Å². The molecule has 0 saturated carbocycles. The van der Waals surface area contributed by atoms with Gasteiger partial charge in [-0.15, -0.1) is 11.8 Å². The first-order valence-corrected chi connectivity index (χ1v) is 8.71. The number of carbonyl (C=O) groups excluding carboxylic acids is 1. The van der Waals surface area contributed by atoms with Gasteiger partial charge in [-0.2, -0.15) is 5.10 Å². The van der Waals surface area contributed by atoms with Crippen molar-refractivity contribution in [2.75, 3.05) is 17.2 Å². The van der Waals surface area contributed by atoms with Crippen molar-refractivity contribution in [3.05, 3.63) is 41.7 Å². The highest BCUT2D eigenvalue weighted by molar-refractivity contribution is 7.99. The van der Waals surface area contributed by atoms with E-state index in [1.807, 2.05) is 52.5 Å². The normalized spacial score (nSPS) is 14.3. The van der Waals surface area contributed by atoms with Crippen molar-refractivity contribution in [1.82, 2.24) is 9.78 Å². The minimum atomic E-state index is 0.0500. The Morgan fingerprint density at radius 2 is 2.14 bits per heavy atom. The monoisotopic (exact) mass is 315 g/mol. The standard InChI is InChI=1S/C17H21N3OS/c1-4-20-15(11-13(18-20)12(2)3)17(21)19-9-10-22-16-8-6-5-7-14(16)19/h5-8,11-12H,4,9-10H2,1-3H3. The summed E-state index contributed by atoms with van der Waals surface area (Å²) < 4.78 is 1.82. The van der Waals surface area contributed by atoms with Gasteiger partial charge in [-0.25, -0.2) is 0 Å². The maximum atomic E-state index is 13.0. The summed E-state index contributed by atoms with van der Waals surface area (Å²) in [5, 5.41) is 4.56. The van der Waals surface area contributed by atoms with E-state index in [2.05, 4.69) is 25.0 Å². The van der Waals surface area contributed by atoms with E-state index in [0.29, 0.717) is 18.2 Å². The summed E-state index contributed by atoms with van der Waals surface area (Å²) in [6, 6.07) is 10.1. The van der Waals surface area contributed by atoms with Gasteiger partial charge in [0.25, 0.3) is 5.91 Å². The summed E-state index contributed by atoms with van der Waals surface area (Å²) in [6.07, 6.45) is 0. The molecule has 116 valence electrons. The molecule has 1 amide bonds. The number of thioether (sulfide) groups is 1. The van der Waals surface area contributed by atoms with Crippen molar-refractivity contribution in [3.63, 3.8) is 0 Å². The average Bonchev–Trinajstić information content (AvgIpc) is 2.98. The van der Waals surface area contributed by atoms with Crippen LogP contribution in [0.1, 0.15) is 42.9 Å². The number of carbonyl (C=O) groups is 1. The maximum absolute atomic E-state index is 13.0. The molecule has 0 fully saturated rings. The second kappa shape index (κ2) is 6.16. The Morgan fingerprint density at radius 1 is 1.36 bits per heavy atom. The number of nitrogens with zero attached hydrogens (tertiary/aromatic N) is 3. The third-order valence-corrected chi connectivity index (χ3v) is 4.93. The second-order valence-corrected chi connectivity index (χ2v) is 6.83. The van der Waals surface area contributed by atoms with Crippen LogP contribution in [0.15, 0.2) is 35.2 Å². The lowest BCUT2D eigenvalue weighted by Gasteiger charge is -2.28. The van der Waals surface area contributed by atoms with E-state index in [4.69, 9.17) is 0 Å². The van der Waals surface area contributed by atoms with Crippen LogP contribution in [0.3, 0.4) is 0 Å². The SMILES string of the molecule is CCn1nc(C(C)C)cc1C(=O)N1CCSc2ccccc21. The third kappa shape index (κ3) is 2.65. The molecule has 0 radical (unpaired) electrons. The molecule has 0 atom stereocenters. The number of anilines is 1. The van der Waals surface area contributed by atoms with Crippen LogP contribution in [-0.2, 0) is 6.54 Å². The predicted molar refractivity (Wildman–Crippen MR) is 90.8 cm³/mol. The van der Waals surface area contributed by atoms with Crippen LogP contribution in [0.25, 0.3) is 0 Å². The first-order chi connectivity index (χ1) is 10.6. The van der Waals surface area contributed by atoms with Crippen molar-refractivity contribution in [3.8, 4) is 0 Å². The zero-order chi connectivity index (χ0) is 15.7. The van der Waals surface area contributed by atoms with E-state index in [1.54, 1.807) is 0 Å². The molecule has 0 bridgehead atoms. The van der Waals surface area contributed by atoms with Gasteiger partial charge in [0.2, 0.25) is 0 Å². The van der Waals surface area contributed by atoms with Crippen molar-refractivity contribution >= 4 is 23.4 Å². The highest BCUT2D eigenvalue weighted by Gasteiger charge is 2.26. The Morgan fingerprint density at radius 3 is 2.86 bits per heavy atom. The first kappa shape index (κ1) is 15.2. The molecular formula is C17H21N3OS. The molecule has 22 heavy (non-hydrogen) atoms. The molecule has 0 saturated heterocycles. The third-order valence-electron chi connectivity index (χ3n) is 3.88. The van der Waals surface area contributed by atoms with Gasteiger partial charge in [0.1, 0.15) is 5.69 Å². The smallest absolute Gasteiger partial charge is 0.276 e. The zero-order valence-electron chi connectivity index (χ0n) is 13.2. The van der Waals surface area contributed by atoms with Crippen LogP contribution in [0, 0.1) is 0 Å². The second-order valence-electron chi connectivity index (χ2n) is 5.70. The molecule has 1 aliphatic heterocycles. The molecule has 0 N–H and O–H groups in total. The van der Waals surface area contributed by atoms with Gasteiger partial charge < -0.3 is 4.90 Å². The Kier molecular flexibility index (Phi) is 4.25. The molecule has 1 aliphatic rings. The molecule has 0 spiro atoms. The molecule has 4 nitrogen and oxygen atoms in total. The average molecular weight is 315 g/mol. The summed E-state index contributed by atoms with van der Waals surface area (Å²) in [7, 11) is 0. The Labute approximate surface area is 135 Å². The van der Waals surface area contributed by atoms with Crippen molar-refractivity contribution in [2.24, 2.45) is 0 Å². The number of aryl methyl sites for hydroxylation is 1. The minimum Gasteiger partial charge on any atom is -0.305 e. The number of hydrogen-bond acceptors (Lipinski definition) is 3. The lowest BCUT2D eigenvalue weighted by atomic mass is 10.1. The molecule has 1 aromatic heterocycles. The molecule has 2 aromatic rings. The number of rotatable bonds is 3. The van der Waals surface area contributed by atoms with Gasteiger partial charge in [-0.05, 0) is 31.0 Å². The van der Waals surface area contributed by atoms with Gasteiger partial charge in [0.15, 0.2) is 0 Å². The summed E-state index contributed by atoms with van der Waals surface area (Å²) in [5.74, 6) is 1.30. The van der Waals surface area contributed by atoms with Crippen molar-refractivity contribution in [2.45, 2.75) is 38.1 Å². The summed E-state index contributed by atoms with van der Waals surface area (Å²) in [6.45, 7) is 7.67. The van der Waals surface area contributed by atoms with E-state index >= 15 is 0 Å². The lowest BCUT2D eigenvalue weighted by molar-refractivity contribution is 0.0977. The lowest BCUT2D eigenvalue weighted by Crippen LogP contribution is -2.36. The van der Waals surface area contributed by atoms with Crippen LogP contribution in [0.2, 0.25) is 0 Å². The van der Waals surface area contributed by atoms with Gasteiger partial charge in [-0.1, -0.05) is 26.0 Å². The molecule has 1 aromatic carbocycles. The van der Waals surface area contributed by atoms with Gasteiger partial charge in [0, 0.05) is 23.7 Å². The van der Waals surface area contributed by atoms with E-state index in [9.17, 15) is 4.79 Å². The van der Waals surface area contributed by atoms with Crippen LogP contribution in [-0.4, -0.2) is 28.0 Å². The highest BCUT2D eigenvalue weighted by Crippen LogP contribution is 2.35. The van der Waals surface area contributed by atoms with Crippen LogP contribution in [0.4, 0.5) is 5.69 Å². The molecular weight excluding hydrogens is 294 g/mol. The fraction of sp³-hybridized carbons (Fsp3) is 0.412. The predicted octanol–water partition coefficient (Wildman–Crippen LogP) is 3.78. The molecule has 2 heterocycles. The van der Waals surface area contributed by atoms with Crippen LogP contribution in [0.5, 0.6) is 0 Å². The van der Waals surface area contributed by atoms with E-state index in [-0.39, 0.29) is 5.91 Å². The minimum absolute atomic E-state index is 0.0500.